The van der Waals surface area contributed by atoms with E-state index in [9.17, 15) is 0 Å². The third-order valence-corrected chi connectivity index (χ3v) is 3.94. The molecular formula is C13H16B2N5OP. The number of nitrogen functional groups attached to an aromatic ring is 1. The lowest BCUT2D eigenvalue weighted by molar-refractivity contribution is 0.0217. The molecule has 0 fully saturated rings. The Balaban J connectivity index is 2.53. The highest BCUT2D eigenvalue weighted by Crippen LogP contribution is 2.30. The fourth-order valence-electron chi connectivity index (χ4n) is 2.34. The molecule has 2 N–H and O–H groups in total. The highest BCUT2D eigenvalue weighted by Gasteiger charge is 2.35. The summed E-state index contributed by atoms with van der Waals surface area (Å²) in [5.74, 6) is 2.89. The van der Waals surface area contributed by atoms with Gasteiger partial charge in [0.15, 0.2) is 11.5 Å². The van der Waals surface area contributed by atoms with Crippen LogP contribution in [0.1, 0.15) is 19.8 Å². The molecular weight excluding hydrogens is 295 g/mol. The fraction of sp³-hybridized carbons (Fsp3) is 0.462. The van der Waals surface area contributed by atoms with E-state index in [4.69, 9.17) is 32.6 Å². The first kappa shape index (κ1) is 16.8. The van der Waals surface area contributed by atoms with Gasteiger partial charge in [-0.2, -0.15) is 0 Å². The number of rotatable bonds is 5. The molecule has 0 amide bonds. The van der Waals surface area contributed by atoms with Crippen LogP contribution in [0.4, 0.5) is 5.82 Å². The number of hydrogen-bond donors (Lipinski definition) is 1. The molecule has 2 atom stereocenters. The number of terminal acetylenes is 1. The number of nitrogens with zero attached hydrogens (tertiary/aromatic N) is 4. The number of ether oxygens (including phenoxy) is 1. The molecule has 6 nitrogen and oxygen atoms in total. The largest absolute Gasteiger partial charge is 0.382 e. The van der Waals surface area contributed by atoms with Crippen molar-refractivity contribution in [1.29, 1.82) is 0 Å². The first-order chi connectivity index (χ1) is 10.3. The summed E-state index contributed by atoms with van der Waals surface area (Å²) in [5, 5.41) is -1.34. The van der Waals surface area contributed by atoms with Crippen molar-refractivity contribution in [2.45, 2.75) is 30.7 Å². The SMILES string of the molecule is [B]C([B])(C[C@@](C#C)(CC)OC)n1cnc2c(N)nc(P)nc21. The molecule has 0 bridgehead atoms. The maximum absolute atomic E-state index is 6.28. The molecule has 2 heterocycles. The van der Waals surface area contributed by atoms with Crippen LogP contribution in [0.3, 0.4) is 0 Å². The number of aromatic nitrogens is 4. The molecule has 0 aromatic carbocycles. The van der Waals surface area contributed by atoms with Gasteiger partial charge in [0.1, 0.15) is 16.7 Å². The van der Waals surface area contributed by atoms with Crippen LogP contribution in [0.5, 0.6) is 0 Å². The molecule has 2 aromatic rings. The summed E-state index contributed by atoms with van der Waals surface area (Å²) in [5.41, 5.74) is 6.27. The highest BCUT2D eigenvalue weighted by atomic mass is 31.0. The van der Waals surface area contributed by atoms with Crippen molar-refractivity contribution in [1.82, 2.24) is 19.5 Å². The van der Waals surface area contributed by atoms with E-state index < -0.39 is 10.9 Å². The third kappa shape index (κ3) is 2.84. The Morgan fingerprint density at radius 3 is 2.73 bits per heavy atom. The first-order valence-corrected chi connectivity index (χ1v) is 7.23. The van der Waals surface area contributed by atoms with Crippen LogP contribution in [0.15, 0.2) is 6.33 Å². The summed E-state index contributed by atoms with van der Waals surface area (Å²) in [7, 11) is 16.5. The van der Waals surface area contributed by atoms with E-state index >= 15 is 0 Å². The second-order valence-corrected chi connectivity index (χ2v) is 5.63. The lowest BCUT2D eigenvalue weighted by Crippen LogP contribution is -2.44. The van der Waals surface area contributed by atoms with Gasteiger partial charge in [-0.05, 0) is 18.2 Å². The first-order valence-electron chi connectivity index (χ1n) is 6.66. The summed E-state index contributed by atoms with van der Waals surface area (Å²) in [6, 6.07) is 0. The van der Waals surface area contributed by atoms with E-state index in [1.165, 1.54) is 18.0 Å². The summed E-state index contributed by atoms with van der Waals surface area (Å²) in [6.07, 6.45) is 7.82. The van der Waals surface area contributed by atoms with Gasteiger partial charge in [-0.25, -0.2) is 15.0 Å². The number of nitrogens with two attached hydrogens (primary N) is 1. The van der Waals surface area contributed by atoms with Crippen molar-refractivity contribution in [3.05, 3.63) is 6.33 Å². The van der Waals surface area contributed by atoms with Crippen molar-refractivity contribution in [2.75, 3.05) is 12.8 Å². The van der Waals surface area contributed by atoms with Crippen molar-refractivity contribution in [2.24, 2.45) is 0 Å². The van der Waals surface area contributed by atoms with E-state index in [1.54, 1.807) is 0 Å². The zero-order valence-electron chi connectivity index (χ0n) is 12.6. The van der Waals surface area contributed by atoms with Crippen LogP contribution < -0.4 is 11.3 Å². The van der Waals surface area contributed by atoms with Crippen molar-refractivity contribution >= 4 is 47.5 Å². The fourth-order valence-corrected chi connectivity index (χ4v) is 2.60. The van der Waals surface area contributed by atoms with Crippen LogP contribution in [-0.4, -0.2) is 47.9 Å². The topological polar surface area (TPSA) is 78.9 Å². The number of anilines is 1. The van der Waals surface area contributed by atoms with Gasteiger partial charge in [-0.1, -0.05) is 22.1 Å². The van der Waals surface area contributed by atoms with Crippen LogP contribution in [-0.2, 0) is 10.1 Å². The molecule has 2 rings (SSSR count). The Labute approximate surface area is 134 Å². The molecule has 0 aliphatic carbocycles. The minimum atomic E-state index is -1.34. The Morgan fingerprint density at radius 2 is 2.18 bits per heavy atom. The zero-order valence-corrected chi connectivity index (χ0v) is 13.7. The molecule has 22 heavy (non-hydrogen) atoms. The number of imidazole rings is 1. The quantitative estimate of drug-likeness (QED) is 0.465. The van der Waals surface area contributed by atoms with Crippen molar-refractivity contribution in [3.8, 4) is 12.3 Å². The van der Waals surface area contributed by atoms with Gasteiger partial charge in [0.2, 0.25) is 0 Å². The summed E-state index contributed by atoms with van der Waals surface area (Å²) in [4.78, 5) is 12.5. The Hall–Kier alpha value is -1.57. The van der Waals surface area contributed by atoms with Gasteiger partial charge in [-0.3, -0.25) is 0 Å². The van der Waals surface area contributed by atoms with Crippen molar-refractivity contribution in [3.63, 3.8) is 0 Å². The second-order valence-electron chi connectivity index (χ2n) is 5.12. The maximum atomic E-state index is 6.28. The predicted octanol–water partition coefficient (Wildman–Crippen LogP) is -0.325. The number of hydrogen-bond acceptors (Lipinski definition) is 5. The average Bonchev–Trinajstić information content (AvgIpc) is 2.90. The molecule has 1 unspecified atom stereocenters. The lowest BCUT2D eigenvalue weighted by Gasteiger charge is -2.37. The van der Waals surface area contributed by atoms with Gasteiger partial charge >= 0.3 is 0 Å². The van der Waals surface area contributed by atoms with E-state index in [0.717, 1.165) is 0 Å². The van der Waals surface area contributed by atoms with Gasteiger partial charge in [0.05, 0.1) is 22.0 Å². The molecule has 0 aliphatic rings. The highest BCUT2D eigenvalue weighted by molar-refractivity contribution is 7.26. The summed E-state index contributed by atoms with van der Waals surface area (Å²) in [6.45, 7) is 1.91. The normalized spacial score (nSPS) is 14.6. The van der Waals surface area contributed by atoms with E-state index in [1.807, 2.05) is 6.92 Å². The number of methoxy groups -OCH3 is 1. The maximum Gasteiger partial charge on any atom is 0.165 e. The predicted molar refractivity (Wildman–Crippen MR) is 92.0 cm³/mol. The molecule has 9 heteroatoms. The van der Waals surface area contributed by atoms with Crippen molar-refractivity contribution < 1.29 is 4.74 Å². The van der Waals surface area contributed by atoms with Gasteiger partial charge < -0.3 is 15.0 Å². The minimum absolute atomic E-state index is 0.186. The van der Waals surface area contributed by atoms with E-state index in [-0.39, 0.29) is 12.2 Å². The number of fused-ring (bicyclic) bond motifs is 1. The summed E-state index contributed by atoms with van der Waals surface area (Å²) < 4.78 is 6.97. The van der Waals surface area contributed by atoms with E-state index in [0.29, 0.717) is 23.2 Å². The van der Waals surface area contributed by atoms with Crippen LogP contribution in [0.2, 0.25) is 0 Å². The van der Waals surface area contributed by atoms with Crippen LogP contribution in [0.25, 0.3) is 11.2 Å². The smallest absolute Gasteiger partial charge is 0.165 e. The average molecular weight is 311 g/mol. The van der Waals surface area contributed by atoms with Gasteiger partial charge in [0.25, 0.3) is 0 Å². The second kappa shape index (κ2) is 5.91. The molecule has 2 aromatic heterocycles. The Kier molecular flexibility index (Phi) is 4.51. The summed E-state index contributed by atoms with van der Waals surface area (Å²) >= 11 is 0. The minimum Gasteiger partial charge on any atom is -0.382 e. The molecule has 0 saturated carbocycles. The van der Waals surface area contributed by atoms with E-state index in [2.05, 4.69) is 30.1 Å². The molecule has 0 saturated heterocycles. The Morgan fingerprint density at radius 1 is 1.50 bits per heavy atom. The van der Waals surface area contributed by atoms with Crippen LogP contribution in [0, 0.1) is 12.3 Å². The molecule has 0 spiro atoms. The molecule has 4 radical (unpaired) electrons. The lowest BCUT2D eigenvalue weighted by atomic mass is 9.56. The van der Waals surface area contributed by atoms with Gasteiger partial charge in [-0.15, -0.1) is 6.42 Å². The van der Waals surface area contributed by atoms with Crippen LogP contribution >= 0.6 is 9.24 Å². The molecule has 110 valence electrons. The monoisotopic (exact) mass is 311 g/mol. The Bertz CT molecular complexity index is 736. The third-order valence-electron chi connectivity index (χ3n) is 3.68. The zero-order chi connectivity index (χ0) is 16.5. The molecule has 0 aliphatic heterocycles. The standard InChI is InChI=1S/C13H16B2N5OP/c1-4-12(5-2,21-3)6-13(14,15)20-7-17-8-9(16)18-11(22)19-10(8)20/h1,7H,5-6,22H2,2-3H3,(H2,16,18,19)/t12-/m1/s1. The van der Waals surface area contributed by atoms with Gasteiger partial charge in [0, 0.05) is 7.11 Å².